The average molecular weight is 265 g/mol. The van der Waals surface area contributed by atoms with Crippen molar-refractivity contribution in [2.24, 2.45) is 0 Å². The van der Waals surface area contributed by atoms with Crippen LogP contribution >= 0.6 is 0 Å². The fourth-order valence-electron chi connectivity index (χ4n) is 2.08. The van der Waals surface area contributed by atoms with Gasteiger partial charge in [0.1, 0.15) is 11.4 Å². The Kier molecular flexibility index (Phi) is 3.46. The first kappa shape index (κ1) is 13.4. The summed E-state index contributed by atoms with van der Waals surface area (Å²) < 4.78 is 1.70. The largest absolute Gasteiger partial charge is 0.382 e. The molecule has 104 valence electrons. The molecule has 1 unspecified atom stereocenters. The highest BCUT2D eigenvalue weighted by molar-refractivity contribution is 6.06. The number of nitrogens with zero attached hydrogens (tertiary/aromatic N) is 3. The quantitative estimate of drug-likeness (QED) is 0.761. The van der Waals surface area contributed by atoms with E-state index in [2.05, 4.69) is 10.4 Å². The van der Waals surface area contributed by atoms with Crippen molar-refractivity contribution in [3.8, 4) is 0 Å². The van der Waals surface area contributed by atoms with Gasteiger partial charge in [0.15, 0.2) is 0 Å². The van der Waals surface area contributed by atoms with E-state index in [0.29, 0.717) is 31.7 Å². The molecule has 0 saturated carbocycles. The number of nitrogens with one attached hydrogen (secondary N) is 1. The Morgan fingerprint density at radius 2 is 2.16 bits per heavy atom. The van der Waals surface area contributed by atoms with Gasteiger partial charge in [-0.05, 0) is 25.8 Å². The average Bonchev–Trinajstić information content (AvgIpc) is 2.87. The summed E-state index contributed by atoms with van der Waals surface area (Å²) in [5.74, 6) is 0.313. The van der Waals surface area contributed by atoms with Crippen molar-refractivity contribution in [3.05, 3.63) is 12.3 Å². The van der Waals surface area contributed by atoms with Gasteiger partial charge in [-0.3, -0.25) is 14.4 Å². The molecule has 1 aromatic rings. The van der Waals surface area contributed by atoms with Gasteiger partial charge >= 0.3 is 6.03 Å². The first-order valence-electron chi connectivity index (χ1n) is 6.39. The van der Waals surface area contributed by atoms with Crippen LogP contribution in [0.4, 0.5) is 10.6 Å². The summed E-state index contributed by atoms with van der Waals surface area (Å²) in [4.78, 5) is 25.1. The van der Waals surface area contributed by atoms with Gasteiger partial charge in [0.25, 0.3) is 5.91 Å². The normalized spacial score (nSPS) is 22.9. The number of urea groups is 1. The molecule has 1 atom stereocenters. The minimum atomic E-state index is -0.757. The maximum Gasteiger partial charge on any atom is 0.325 e. The van der Waals surface area contributed by atoms with Crippen molar-refractivity contribution in [1.82, 2.24) is 20.0 Å². The Morgan fingerprint density at radius 3 is 2.68 bits per heavy atom. The van der Waals surface area contributed by atoms with E-state index in [1.54, 1.807) is 23.9 Å². The molecule has 0 aromatic carbocycles. The van der Waals surface area contributed by atoms with Crippen LogP contribution < -0.4 is 11.1 Å². The fraction of sp³-hybridized carbons (Fsp3) is 0.583. The van der Waals surface area contributed by atoms with Gasteiger partial charge in [0.2, 0.25) is 0 Å². The first-order chi connectivity index (χ1) is 8.96. The van der Waals surface area contributed by atoms with Crippen LogP contribution in [0.15, 0.2) is 12.3 Å². The summed E-state index contributed by atoms with van der Waals surface area (Å²) in [5, 5.41) is 6.78. The summed E-state index contributed by atoms with van der Waals surface area (Å²) >= 11 is 0. The van der Waals surface area contributed by atoms with Crippen LogP contribution in [0.25, 0.3) is 0 Å². The predicted molar refractivity (Wildman–Crippen MR) is 70.2 cm³/mol. The molecule has 19 heavy (non-hydrogen) atoms. The highest BCUT2D eigenvalue weighted by Gasteiger charge is 2.45. The zero-order valence-corrected chi connectivity index (χ0v) is 11.2. The van der Waals surface area contributed by atoms with Gasteiger partial charge in [-0.25, -0.2) is 4.79 Å². The summed E-state index contributed by atoms with van der Waals surface area (Å²) in [6.07, 6.45) is 3.02. The molecule has 7 heteroatoms. The Labute approximate surface area is 111 Å². The van der Waals surface area contributed by atoms with Crippen LogP contribution in [0.3, 0.4) is 0 Å². The number of hydrogen-bond acceptors (Lipinski definition) is 4. The molecule has 2 heterocycles. The van der Waals surface area contributed by atoms with E-state index in [0.717, 1.165) is 0 Å². The summed E-state index contributed by atoms with van der Waals surface area (Å²) in [6, 6.07) is 1.40. The third-order valence-corrected chi connectivity index (χ3v) is 3.48. The van der Waals surface area contributed by atoms with Crippen LogP contribution in [0.2, 0.25) is 0 Å². The minimum Gasteiger partial charge on any atom is -0.382 e. The van der Waals surface area contributed by atoms with Crippen LogP contribution in [0.1, 0.15) is 26.7 Å². The molecule has 3 N–H and O–H groups in total. The van der Waals surface area contributed by atoms with E-state index < -0.39 is 5.54 Å². The molecule has 2 rings (SSSR count). The number of nitrogen functional groups attached to an aromatic ring is 1. The minimum absolute atomic E-state index is 0.153. The second-order valence-electron chi connectivity index (χ2n) is 4.93. The van der Waals surface area contributed by atoms with Crippen molar-refractivity contribution >= 4 is 17.8 Å². The number of anilines is 1. The highest BCUT2D eigenvalue weighted by atomic mass is 16.2. The number of nitrogens with two attached hydrogens (primary N) is 1. The molecule has 3 amide bonds. The SMILES string of the molecule is CCC1(C)NC(=O)N(CCCn2ccc(N)n2)C1=O. The van der Waals surface area contributed by atoms with Crippen LogP contribution in [-0.2, 0) is 11.3 Å². The van der Waals surface area contributed by atoms with E-state index in [1.165, 1.54) is 4.90 Å². The maximum absolute atomic E-state index is 12.1. The Bertz CT molecular complexity index is 498. The second-order valence-corrected chi connectivity index (χ2v) is 4.93. The lowest BCUT2D eigenvalue weighted by Gasteiger charge is -2.19. The number of aryl methyl sites for hydroxylation is 1. The molecule has 0 spiro atoms. The van der Waals surface area contributed by atoms with Gasteiger partial charge in [-0.15, -0.1) is 0 Å². The Hall–Kier alpha value is -2.05. The van der Waals surface area contributed by atoms with E-state index in [9.17, 15) is 9.59 Å². The molecule has 7 nitrogen and oxygen atoms in total. The van der Waals surface area contributed by atoms with E-state index >= 15 is 0 Å². The molecule has 1 aliphatic rings. The number of aromatic nitrogens is 2. The topological polar surface area (TPSA) is 93.2 Å². The number of amides is 3. The first-order valence-corrected chi connectivity index (χ1v) is 6.39. The lowest BCUT2D eigenvalue weighted by Crippen LogP contribution is -2.43. The van der Waals surface area contributed by atoms with Crippen molar-refractivity contribution in [3.63, 3.8) is 0 Å². The van der Waals surface area contributed by atoms with Crippen LogP contribution in [0, 0.1) is 0 Å². The zero-order valence-electron chi connectivity index (χ0n) is 11.2. The van der Waals surface area contributed by atoms with Crippen molar-refractivity contribution in [2.45, 2.75) is 38.8 Å². The third-order valence-electron chi connectivity index (χ3n) is 3.48. The van der Waals surface area contributed by atoms with Gasteiger partial charge in [0, 0.05) is 19.3 Å². The predicted octanol–water partition coefficient (Wildman–Crippen LogP) is 0.576. The standard InChI is InChI=1S/C12H19N5O2/c1-3-12(2)10(18)17(11(19)14-12)7-4-6-16-8-5-9(13)15-16/h5,8H,3-4,6-7H2,1-2H3,(H2,13,15)(H,14,19). The number of rotatable bonds is 5. The second kappa shape index (κ2) is 4.91. The van der Waals surface area contributed by atoms with E-state index in [4.69, 9.17) is 5.73 Å². The zero-order chi connectivity index (χ0) is 14.0. The molecule has 1 aliphatic heterocycles. The van der Waals surface area contributed by atoms with Crippen LogP contribution in [0.5, 0.6) is 0 Å². The molecule has 0 radical (unpaired) electrons. The molecule has 1 fully saturated rings. The molecular formula is C12H19N5O2. The molecule has 1 saturated heterocycles. The third kappa shape index (κ3) is 2.54. The lowest BCUT2D eigenvalue weighted by atomic mass is 9.99. The van der Waals surface area contributed by atoms with Gasteiger partial charge in [0.05, 0.1) is 0 Å². The van der Waals surface area contributed by atoms with Gasteiger partial charge in [-0.1, -0.05) is 6.92 Å². The van der Waals surface area contributed by atoms with Crippen molar-refractivity contribution in [2.75, 3.05) is 12.3 Å². The van der Waals surface area contributed by atoms with Crippen LogP contribution in [-0.4, -0.2) is 38.7 Å². The van der Waals surface area contributed by atoms with Crippen molar-refractivity contribution in [1.29, 1.82) is 0 Å². The summed E-state index contributed by atoms with van der Waals surface area (Å²) in [6.45, 7) is 4.65. The molecular weight excluding hydrogens is 246 g/mol. The smallest absolute Gasteiger partial charge is 0.325 e. The summed E-state index contributed by atoms with van der Waals surface area (Å²) in [7, 11) is 0. The fourth-order valence-corrected chi connectivity index (χ4v) is 2.08. The monoisotopic (exact) mass is 265 g/mol. The molecule has 0 bridgehead atoms. The number of imide groups is 1. The highest BCUT2D eigenvalue weighted by Crippen LogP contribution is 2.20. The van der Waals surface area contributed by atoms with E-state index in [1.807, 2.05) is 6.92 Å². The Balaban J connectivity index is 1.89. The molecule has 0 aliphatic carbocycles. The maximum atomic E-state index is 12.1. The molecule has 1 aromatic heterocycles. The van der Waals surface area contributed by atoms with E-state index in [-0.39, 0.29) is 11.9 Å². The van der Waals surface area contributed by atoms with Crippen molar-refractivity contribution < 1.29 is 9.59 Å². The number of hydrogen-bond donors (Lipinski definition) is 2. The van der Waals surface area contributed by atoms with Gasteiger partial charge in [-0.2, -0.15) is 5.10 Å². The number of carbonyl (C=O) groups excluding carboxylic acids is 2. The lowest BCUT2D eigenvalue weighted by molar-refractivity contribution is -0.130. The van der Waals surface area contributed by atoms with Gasteiger partial charge < -0.3 is 11.1 Å². The summed E-state index contributed by atoms with van der Waals surface area (Å²) in [5.41, 5.74) is 4.75. The number of carbonyl (C=O) groups is 2. The Morgan fingerprint density at radius 1 is 1.42 bits per heavy atom.